The van der Waals surface area contributed by atoms with Crippen LogP contribution in [0.2, 0.25) is 0 Å². The van der Waals surface area contributed by atoms with Crippen molar-refractivity contribution in [1.82, 2.24) is 4.90 Å². The van der Waals surface area contributed by atoms with E-state index in [2.05, 4.69) is 6.07 Å². The molecule has 1 saturated carbocycles. The summed E-state index contributed by atoms with van der Waals surface area (Å²) in [5.41, 5.74) is 0.751. The molecule has 2 aromatic carbocycles. The fraction of sp³-hybridized carbons (Fsp3) is 0.464. The summed E-state index contributed by atoms with van der Waals surface area (Å²) in [6.07, 6.45) is 1.90. The molecule has 1 amide bonds. The number of ketones is 1. The molecule has 2 N–H and O–H groups in total. The van der Waals surface area contributed by atoms with Crippen LogP contribution in [0, 0.1) is 29.0 Å². The molecule has 8 nitrogen and oxygen atoms in total. The minimum Gasteiger partial charge on any atom is -0.444 e. The highest BCUT2D eigenvalue weighted by molar-refractivity contribution is 7.89. The third-order valence-electron chi connectivity index (χ3n) is 7.19. The first kappa shape index (κ1) is 27.7. The minimum absolute atomic E-state index is 0.0339. The topological polar surface area (TPSA) is 131 Å². The molecule has 1 saturated heterocycles. The van der Waals surface area contributed by atoms with Gasteiger partial charge in [0.1, 0.15) is 11.4 Å². The lowest BCUT2D eigenvalue weighted by molar-refractivity contribution is -0.126. The van der Waals surface area contributed by atoms with Gasteiger partial charge >= 0.3 is 6.09 Å². The summed E-state index contributed by atoms with van der Waals surface area (Å²) in [6.45, 7) is 5.34. The number of ether oxygens (including phenoxy) is 1. The Hall–Kier alpha value is -3.29. The zero-order valence-electron chi connectivity index (χ0n) is 21.7. The molecule has 0 radical (unpaired) electrons. The van der Waals surface area contributed by atoms with Gasteiger partial charge in [-0.25, -0.2) is 22.7 Å². The van der Waals surface area contributed by atoms with Gasteiger partial charge in [0.25, 0.3) is 0 Å². The van der Waals surface area contributed by atoms with Gasteiger partial charge in [0.2, 0.25) is 10.0 Å². The maximum atomic E-state index is 15.0. The minimum atomic E-state index is -3.83. The second-order valence-electron chi connectivity index (χ2n) is 11.1. The van der Waals surface area contributed by atoms with E-state index in [0.29, 0.717) is 16.7 Å². The lowest BCUT2D eigenvalue weighted by Gasteiger charge is -2.35. The maximum Gasteiger partial charge on any atom is 0.411 e. The van der Waals surface area contributed by atoms with Crippen LogP contribution < -0.4 is 5.14 Å². The number of piperidine rings is 1. The molecule has 0 aromatic heterocycles. The number of benzene rings is 2. The number of halogens is 1. The summed E-state index contributed by atoms with van der Waals surface area (Å²) in [7, 11) is -3.83. The Morgan fingerprint density at radius 2 is 1.82 bits per heavy atom. The highest BCUT2D eigenvalue weighted by atomic mass is 32.2. The van der Waals surface area contributed by atoms with Crippen LogP contribution in [0.15, 0.2) is 47.4 Å². The Morgan fingerprint density at radius 1 is 1.16 bits per heavy atom. The van der Waals surface area contributed by atoms with Crippen molar-refractivity contribution in [3.8, 4) is 17.2 Å². The van der Waals surface area contributed by atoms with Gasteiger partial charge in [-0.2, -0.15) is 5.26 Å². The molecule has 0 spiro atoms. The van der Waals surface area contributed by atoms with Crippen molar-refractivity contribution in [2.24, 2.45) is 17.0 Å². The number of nitriles is 1. The highest BCUT2D eigenvalue weighted by Gasteiger charge is 2.52. The first-order valence-corrected chi connectivity index (χ1v) is 14.2. The van der Waals surface area contributed by atoms with Crippen LogP contribution in [0.4, 0.5) is 9.18 Å². The molecule has 2 bridgehead atoms. The number of likely N-dealkylation sites (tertiary alicyclic amines) is 1. The van der Waals surface area contributed by atoms with Crippen molar-refractivity contribution in [2.45, 2.75) is 75.5 Å². The molecule has 38 heavy (non-hydrogen) atoms. The second-order valence-corrected chi connectivity index (χ2v) is 12.7. The number of nitrogens with zero attached hydrogens (tertiary/aromatic N) is 2. The summed E-state index contributed by atoms with van der Waals surface area (Å²) in [6, 6.07) is 11.8. The summed E-state index contributed by atoms with van der Waals surface area (Å²) in [5, 5.41) is 14.9. The standard InChI is InChI=1S/C28H32FN3O5S/c1-28(2,3)37-27(34)32-22-9-6-21(14-22)26(32)25(33)13-17(16-30)12-20-5-4-19(15-24(20)29)18-7-10-23(11-8-18)38(31,35)36/h4-5,7-8,10-11,15,17,21-22,26H,6,9,12-14H2,1-3H3,(H2,31,35,36)/t17?,21-,22+,26-/m0/s1. The van der Waals surface area contributed by atoms with Gasteiger partial charge in [0.15, 0.2) is 5.78 Å². The van der Waals surface area contributed by atoms with E-state index in [1.165, 1.54) is 30.3 Å². The number of primary sulfonamides is 1. The zero-order chi connectivity index (χ0) is 27.8. The Morgan fingerprint density at radius 3 is 2.39 bits per heavy atom. The first-order valence-electron chi connectivity index (χ1n) is 12.6. The van der Waals surface area contributed by atoms with Gasteiger partial charge in [-0.3, -0.25) is 9.69 Å². The van der Waals surface area contributed by atoms with Crippen molar-refractivity contribution < 1.29 is 27.1 Å². The number of carbonyl (C=O) groups is 2. The van der Waals surface area contributed by atoms with Crippen LogP contribution in [0.1, 0.15) is 52.0 Å². The number of carbonyl (C=O) groups excluding carboxylic acids is 2. The molecular weight excluding hydrogens is 509 g/mol. The quantitative estimate of drug-likeness (QED) is 0.546. The zero-order valence-corrected chi connectivity index (χ0v) is 22.5. The molecule has 2 fully saturated rings. The molecule has 4 rings (SSSR count). The van der Waals surface area contributed by atoms with Gasteiger partial charge in [-0.1, -0.05) is 24.3 Å². The Bertz CT molecular complexity index is 1380. The molecule has 202 valence electrons. The van der Waals surface area contributed by atoms with Crippen LogP contribution >= 0.6 is 0 Å². The number of nitrogens with two attached hydrogens (primary N) is 1. The molecule has 2 aromatic rings. The van der Waals surface area contributed by atoms with Crippen LogP contribution in [0.3, 0.4) is 0 Å². The van der Waals surface area contributed by atoms with E-state index < -0.39 is 39.5 Å². The van der Waals surface area contributed by atoms with E-state index in [1.54, 1.807) is 37.8 Å². The van der Waals surface area contributed by atoms with Crippen LogP contribution in [-0.2, 0) is 26.0 Å². The second kappa shape index (κ2) is 10.5. The Balaban J connectivity index is 1.45. The van der Waals surface area contributed by atoms with Crippen LogP contribution in [0.25, 0.3) is 11.1 Å². The number of rotatable bonds is 7. The summed E-state index contributed by atoms with van der Waals surface area (Å²) in [4.78, 5) is 27.7. The van der Waals surface area contributed by atoms with Crippen molar-refractivity contribution >= 4 is 21.9 Å². The van der Waals surface area contributed by atoms with Crippen molar-refractivity contribution in [1.29, 1.82) is 5.26 Å². The average Bonchev–Trinajstić information content (AvgIpc) is 3.45. The van der Waals surface area contributed by atoms with Gasteiger partial charge in [-0.05, 0) is 87.3 Å². The Labute approximate surface area is 222 Å². The van der Waals surface area contributed by atoms with Crippen molar-refractivity contribution in [3.05, 3.63) is 53.8 Å². The lowest BCUT2D eigenvalue weighted by atomic mass is 9.87. The van der Waals surface area contributed by atoms with Gasteiger partial charge in [0, 0.05) is 12.5 Å². The molecule has 4 atom stereocenters. The number of amides is 1. The van der Waals surface area contributed by atoms with E-state index in [4.69, 9.17) is 9.88 Å². The molecule has 1 unspecified atom stereocenters. The van der Waals surface area contributed by atoms with Gasteiger partial charge in [-0.15, -0.1) is 0 Å². The first-order chi connectivity index (χ1) is 17.8. The number of fused-ring (bicyclic) bond motifs is 2. The predicted octanol–water partition coefficient (Wildman–Crippen LogP) is 4.57. The van der Waals surface area contributed by atoms with Crippen molar-refractivity contribution in [3.63, 3.8) is 0 Å². The van der Waals surface area contributed by atoms with Gasteiger partial charge in [0.05, 0.1) is 22.9 Å². The number of hydrogen-bond acceptors (Lipinski definition) is 6. The predicted molar refractivity (Wildman–Crippen MR) is 139 cm³/mol. The SMILES string of the molecule is CC(C)(C)OC(=O)N1[C@@H]2CC[C@@H](C2)[C@H]1C(=O)CC(C#N)Cc1ccc(-c2ccc(S(N)(=O)=O)cc2)cc1F. The van der Waals surface area contributed by atoms with E-state index in [9.17, 15) is 23.3 Å². The molecule has 1 heterocycles. The van der Waals surface area contributed by atoms with Crippen LogP contribution in [0.5, 0.6) is 0 Å². The lowest BCUT2D eigenvalue weighted by Crippen LogP contribution is -2.51. The average molecular weight is 542 g/mol. The smallest absolute Gasteiger partial charge is 0.411 e. The number of hydrogen-bond donors (Lipinski definition) is 1. The highest BCUT2D eigenvalue weighted by Crippen LogP contribution is 2.44. The summed E-state index contributed by atoms with van der Waals surface area (Å²) >= 11 is 0. The fourth-order valence-corrected chi connectivity index (χ4v) is 6.02. The van der Waals surface area contributed by atoms with E-state index in [-0.39, 0.29) is 35.5 Å². The Kier molecular flexibility index (Phi) is 7.64. The van der Waals surface area contributed by atoms with Crippen molar-refractivity contribution in [2.75, 3.05) is 0 Å². The molecule has 1 aliphatic carbocycles. The number of Topliss-reactive ketones (excluding diaryl/α,β-unsaturated/α-hetero) is 1. The van der Waals surface area contributed by atoms with Gasteiger partial charge < -0.3 is 4.74 Å². The normalized spacial score (nSPS) is 21.7. The summed E-state index contributed by atoms with van der Waals surface area (Å²) < 4.78 is 43.5. The van der Waals surface area contributed by atoms with E-state index >= 15 is 4.39 Å². The third-order valence-corrected chi connectivity index (χ3v) is 8.11. The van der Waals surface area contributed by atoms with Crippen LogP contribution in [-0.4, -0.2) is 42.9 Å². The molecule has 1 aliphatic heterocycles. The fourth-order valence-electron chi connectivity index (χ4n) is 5.50. The summed E-state index contributed by atoms with van der Waals surface area (Å²) in [5.74, 6) is -1.42. The van der Waals surface area contributed by atoms with E-state index in [1.807, 2.05) is 0 Å². The maximum absolute atomic E-state index is 15.0. The molecular formula is C28H32FN3O5S. The number of sulfonamides is 1. The van der Waals surface area contributed by atoms with E-state index in [0.717, 1.165) is 19.3 Å². The molecule has 10 heteroatoms. The largest absolute Gasteiger partial charge is 0.444 e. The monoisotopic (exact) mass is 541 g/mol. The molecule has 2 aliphatic rings. The third kappa shape index (κ3) is 6.05.